The number of carbonyl (C=O) groups is 4. The molecule has 2 saturated carbocycles. The second-order valence-corrected chi connectivity index (χ2v) is 21.3. The molecule has 69 heavy (non-hydrogen) atoms. The number of alkyl halides is 2. The number of nitrogens with zero attached hydrogens (tertiary/aromatic N) is 4. The first-order valence-electron chi connectivity index (χ1n) is 24.4. The number of halogens is 2. The van der Waals surface area contributed by atoms with Crippen molar-refractivity contribution in [1.82, 2.24) is 30.4 Å². The zero-order valence-corrected chi connectivity index (χ0v) is 41.3. The number of fused-ring (bicyclic) bond motifs is 6. The van der Waals surface area contributed by atoms with Crippen molar-refractivity contribution in [3.05, 3.63) is 94.4 Å². The van der Waals surface area contributed by atoms with Gasteiger partial charge in [-0.05, 0) is 117 Å². The van der Waals surface area contributed by atoms with Gasteiger partial charge in [-0.25, -0.2) is 14.6 Å². The number of amides is 4. The maximum absolute atomic E-state index is 15.4. The number of alkyl carbamates (subject to hydrolysis) is 2. The average molecular weight is 946 g/mol. The number of aromatic amines is 1. The number of hydrogen-bond acceptors (Lipinski definition) is 8. The standard InChI is InChI=1S/C30H32F2N4O3.C24H33N3O3/c1-16(2)25(35-28(38)39-4)27(37)36-15-29(9-10-29)13-24(36)26-33-14-23(34-26)18-6-8-20-19-7-5-17(3)11-21(19)30(31,32)22(20)12-18;1-13(2)20(26-23(29)30-6)22(28)27-17-9-8-16(12-17)24(27,5)21-15(4)18-11-14(3)7-10-19(18)25-21/h5-8,11-12,14,16,24-25H,9-10,13,15H2,1-4H3,(H,33,34)(H,35,38);7,10-11,13,15-17,20H,8-9,12H2,1-6H3,(H,26,29)/t24-,25-;15?,16-,17+,20-,24-/m00/s1. The van der Waals surface area contributed by atoms with E-state index in [1.165, 1.54) is 31.4 Å². The summed E-state index contributed by atoms with van der Waals surface area (Å²) in [6.07, 6.45) is 6.42. The monoisotopic (exact) mass is 945 g/mol. The van der Waals surface area contributed by atoms with E-state index in [1.807, 2.05) is 51.7 Å². The SMILES string of the molecule is COC(=O)N[C@H](C(=O)N1CC2(CC2)C[C@H]1c1ncc(-c2ccc3c(c2)C(F)(F)c2cc(C)ccc2-3)[nH]1)C(C)C.COC(=O)N[C@H](C(=O)N1[C@@H]2CC[C@@H](C2)[C@@]1(C)C1=Nc2ccc(C)cc2C1C)C(C)C. The van der Waals surface area contributed by atoms with Crippen molar-refractivity contribution in [3.8, 4) is 22.4 Å². The Morgan fingerprint density at radius 2 is 1.43 bits per heavy atom. The zero-order valence-electron chi connectivity index (χ0n) is 41.3. The van der Waals surface area contributed by atoms with Gasteiger partial charge in [0.25, 0.3) is 5.92 Å². The molecular weight excluding hydrogens is 881 g/mol. The Morgan fingerprint density at radius 1 is 0.826 bits per heavy atom. The summed E-state index contributed by atoms with van der Waals surface area (Å²) >= 11 is 0. The number of hydrogen-bond donors (Lipinski definition) is 3. The lowest BCUT2D eigenvalue weighted by molar-refractivity contribution is -0.140. The van der Waals surface area contributed by atoms with Crippen LogP contribution in [0.4, 0.5) is 24.1 Å². The Bertz CT molecular complexity index is 2750. The van der Waals surface area contributed by atoms with Crippen molar-refractivity contribution in [1.29, 1.82) is 0 Å². The molecule has 13 nitrogen and oxygen atoms in total. The van der Waals surface area contributed by atoms with Gasteiger partial charge in [-0.1, -0.05) is 82.1 Å². The molecule has 1 unspecified atom stereocenters. The first kappa shape index (κ1) is 47.9. The minimum absolute atomic E-state index is 0.0139. The highest BCUT2D eigenvalue weighted by Gasteiger charge is 2.61. The molecule has 7 atom stereocenters. The third kappa shape index (κ3) is 8.26. The number of carbonyl (C=O) groups excluding carboxylic acids is 4. The predicted octanol–water partition coefficient (Wildman–Crippen LogP) is 10.3. The van der Waals surface area contributed by atoms with Crippen LogP contribution in [0.5, 0.6) is 0 Å². The topological polar surface area (TPSA) is 158 Å². The van der Waals surface area contributed by atoms with Gasteiger partial charge in [0.15, 0.2) is 0 Å². The van der Waals surface area contributed by atoms with E-state index in [-0.39, 0.29) is 58.2 Å². The summed E-state index contributed by atoms with van der Waals surface area (Å²) in [6, 6.07) is 15.3. The maximum Gasteiger partial charge on any atom is 0.407 e. The zero-order chi connectivity index (χ0) is 49.5. The van der Waals surface area contributed by atoms with Gasteiger partial charge in [0.05, 0.1) is 49.1 Å². The molecule has 4 amide bonds. The molecule has 10 rings (SSSR count). The summed E-state index contributed by atoms with van der Waals surface area (Å²) in [5.74, 6) is -2.27. The third-order valence-corrected chi connectivity index (χ3v) is 16.0. The fourth-order valence-corrected chi connectivity index (χ4v) is 12.0. The van der Waals surface area contributed by atoms with E-state index in [1.54, 1.807) is 24.4 Å². The smallest absolute Gasteiger partial charge is 0.407 e. The molecule has 4 fully saturated rings. The molecular formula is C54H65F2N7O6. The van der Waals surface area contributed by atoms with Crippen LogP contribution in [0.3, 0.4) is 0 Å². The minimum atomic E-state index is -3.08. The van der Waals surface area contributed by atoms with Gasteiger partial charge in [0.2, 0.25) is 11.8 Å². The van der Waals surface area contributed by atoms with Gasteiger partial charge in [-0.3, -0.25) is 14.6 Å². The van der Waals surface area contributed by atoms with E-state index in [0.717, 1.165) is 55.5 Å². The van der Waals surface area contributed by atoms with Crippen molar-refractivity contribution >= 4 is 35.4 Å². The first-order chi connectivity index (χ1) is 32.7. The second kappa shape index (κ2) is 17.7. The van der Waals surface area contributed by atoms with Gasteiger partial charge in [-0.15, -0.1) is 0 Å². The minimum Gasteiger partial charge on any atom is -0.453 e. The molecule has 4 aromatic rings. The number of aliphatic imine (C=N–C) groups is 1. The van der Waals surface area contributed by atoms with Gasteiger partial charge in [-0.2, -0.15) is 8.78 Å². The van der Waals surface area contributed by atoms with Crippen LogP contribution in [0.15, 0.2) is 65.8 Å². The number of piperidine rings is 1. The third-order valence-electron chi connectivity index (χ3n) is 16.0. The predicted molar refractivity (Wildman–Crippen MR) is 259 cm³/mol. The van der Waals surface area contributed by atoms with E-state index in [9.17, 15) is 19.2 Å². The van der Waals surface area contributed by atoms with Crippen molar-refractivity contribution < 1.29 is 37.4 Å². The number of rotatable bonds is 9. The Kier molecular flexibility index (Phi) is 12.3. The number of H-pyrrole nitrogens is 1. The molecule has 2 saturated heterocycles. The van der Waals surface area contributed by atoms with E-state index >= 15 is 8.78 Å². The molecule has 3 aliphatic carbocycles. The summed E-state index contributed by atoms with van der Waals surface area (Å²) in [6.45, 7) is 16.6. The van der Waals surface area contributed by atoms with E-state index in [2.05, 4.69) is 64.5 Å². The van der Waals surface area contributed by atoms with Crippen LogP contribution in [-0.4, -0.2) is 93.9 Å². The van der Waals surface area contributed by atoms with Gasteiger partial charge in [0, 0.05) is 35.2 Å². The molecule has 3 aromatic carbocycles. The number of benzene rings is 3. The van der Waals surface area contributed by atoms with Crippen LogP contribution in [-0.2, 0) is 25.0 Å². The highest BCUT2D eigenvalue weighted by molar-refractivity contribution is 6.07. The maximum atomic E-state index is 15.4. The molecule has 4 heterocycles. The van der Waals surface area contributed by atoms with Crippen LogP contribution in [0, 0.1) is 37.0 Å². The van der Waals surface area contributed by atoms with Crippen molar-refractivity contribution in [3.63, 3.8) is 0 Å². The summed E-state index contributed by atoms with van der Waals surface area (Å²) < 4.78 is 40.4. The molecule has 6 aliphatic rings. The number of aromatic nitrogens is 2. The number of nitrogens with one attached hydrogen (secondary N) is 3. The van der Waals surface area contributed by atoms with Crippen LogP contribution >= 0.6 is 0 Å². The van der Waals surface area contributed by atoms with Crippen molar-refractivity contribution in [2.24, 2.45) is 28.2 Å². The molecule has 2 bridgehead atoms. The van der Waals surface area contributed by atoms with Crippen molar-refractivity contribution in [2.75, 3.05) is 20.8 Å². The van der Waals surface area contributed by atoms with E-state index in [4.69, 9.17) is 14.5 Å². The molecule has 366 valence electrons. The fraction of sp³-hybridized carbons (Fsp3) is 0.519. The largest absolute Gasteiger partial charge is 0.453 e. The van der Waals surface area contributed by atoms with E-state index in [0.29, 0.717) is 40.7 Å². The Hall–Kier alpha value is -6.12. The number of aryl methyl sites for hydroxylation is 2. The highest BCUT2D eigenvalue weighted by atomic mass is 19.3. The number of imidazole rings is 1. The van der Waals surface area contributed by atoms with Crippen LogP contribution in [0.1, 0.15) is 126 Å². The quantitative estimate of drug-likeness (QED) is 0.151. The normalized spacial score (nSPS) is 24.8. The lowest BCUT2D eigenvalue weighted by Crippen LogP contribution is -2.63. The lowest BCUT2D eigenvalue weighted by Gasteiger charge is -2.47. The van der Waals surface area contributed by atoms with Gasteiger partial charge in [0.1, 0.15) is 17.9 Å². The van der Waals surface area contributed by atoms with Crippen LogP contribution in [0.2, 0.25) is 0 Å². The van der Waals surface area contributed by atoms with Gasteiger partial charge < -0.3 is 34.9 Å². The van der Waals surface area contributed by atoms with Crippen molar-refractivity contribution in [2.45, 2.75) is 135 Å². The van der Waals surface area contributed by atoms with E-state index < -0.39 is 35.7 Å². The number of ether oxygens (including phenoxy) is 2. The summed E-state index contributed by atoms with van der Waals surface area (Å²) in [4.78, 5) is 68.3. The summed E-state index contributed by atoms with van der Waals surface area (Å²) in [7, 11) is 2.60. The number of likely N-dealkylation sites (tertiary alicyclic amines) is 2. The Morgan fingerprint density at radius 3 is 2.07 bits per heavy atom. The second-order valence-electron chi connectivity index (χ2n) is 21.3. The number of methoxy groups -OCH3 is 2. The van der Waals surface area contributed by atoms with Gasteiger partial charge >= 0.3 is 12.2 Å². The molecule has 15 heteroatoms. The molecule has 1 aromatic heterocycles. The fourth-order valence-electron chi connectivity index (χ4n) is 12.0. The average Bonchev–Trinajstić information content (AvgIpc) is 3.91. The molecule has 3 aliphatic heterocycles. The Balaban J connectivity index is 0.000000178. The molecule has 1 spiro atoms. The van der Waals surface area contributed by atoms with Crippen LogP contribution in [0.25, 0.3) is 22.4 Å². The van der Waals surface area contributed by atoms with Crippen LogP contribution < -0.4 is 10.6 Å². The first-order valence-corrected chi connectivity index (χ1v) is 24.4. The summed E-state index contributed by atoms with van der Waals surface area (Å²) in [5.41, 5.74) is 7.37. The molecule has 3 N–H and O–H groups in total. The Labute approximate surface area is 403 Å². The highest BCUT2D eigenvalue weighted by Crippen LogP contribution is 2.59. The molecule has 0 radical (unpaired) electrons. The lowest BCUT2D eigenvalue weighted by atomic mass is 9.75. The summed E-state index contributed by atoms with van der Waals surface area (Å²) in [5, 5.41) is 5.46.